The van der Waals surface area contributed by atoms with E-state index in [2.05, 4.69) is 36.5 Å². The number of rotatable bonds is 4. The lowest BCUT2D eigenvalue weighted by molar-refractivity contribution is 0.368. The van der Waals surface area contributed by atoms with Crippen LogP contribution in [0.25, 0.3) is 0 Å². The quantitative estimate of drug-likeness (QED) is 0.789. The van der Waals surface area contributed by atoms with Crippen molar-refractivity contribution >= 4 is 11.6 Å². The Morgan fingerprint density at radius 3 is 2.38 bits per heavy atom. The summed E-state index contributed by atoms with van der Waals surface area (Å²) in [5.74, 6) is 0.735. The minimum Gasteiger partial charge on any atom is -0.306 e. The van der Waals surface area contributed by atoms with Gasteiger partial charge in [-0.2, -0.15) is 0 Å². The molecular weight excluding hydrogens is 218 g/mol. The van der Waals surface area contributed by atoms with E-state index in [9.17, 15) is 0 Å². The summed E-state index contributed by atoms with van der Waals surface area (Å²) in [6.07, 6.45) is 5.08. The van der Waals surface area contributed by atoms with Crippen LogP contribution in [0.3, 0.4) is 0 Å². The van der Waals surface area contributed by atoms with Gasteiger partial charge < -0.3 is 5.32 Å². The van der Waals surface area contributed by atoms with E-state index in [4.69, 9.17) is 11.6 Å². The Morgan fingerprint density at radius 1 is 1.19 bits per heavy atom. The molecule has 0 amide bonds. The first kappa shape index (κ1) is 11.9. The number of aryl methyl sites for hydroxylation is 1. The third-order valence-corrected chi connectivity index (χ3v) is 4.12. The van der Waals surface area contributed by atoms with Gasteiger partial charge in [-0.25, -0.2) is 0 Å². The molecule has 1 aliphatic carbocycles. The Hall–Kier alpha value is -0.530. The number of nitrogens with one attached hydrogen (secondary N) is 1. The fourth-order valence-corrected chi connectivity index (χ4v) is 2.77. The highest BCUT2D eigenvalue weighted by Gasteiger charge is 2.31. The lowest BCUT2D eigenvalue weighted by atomic mass is 10.00. The van der Waals surface area contributed by atoms with Gasteiger partial charge in [-0.1, -0.05) is 42.7 Å². The predicted molar refractivity (Wildman–Crippen MR) is 69.9 cm³/mol. The van der Waals surface area contributed by atoms with E-state index in [-0.39, 0.29) is 5.54 Å². The molecule has 2 heteroatoms. The zero-order valence-electron chi connectivity index (χ0n) is 9.93. The second-order valence-corrected chi connectivity index (χ2v) is 5.23. The molecule has 2 rings (SSSR count). The molecule has 0 saturated heterocycles. The maximum absolute atomic E-state index is 6.09. The van der Waals surface area contributed by atoms with E-state index in [1.807, 2.05) is 0 Å². The standard InChI is InChI=1S/C14H20ClN/c1-12-4-6-13(7-5-12)10-16-14(11-15)8-2-3-9-14/h4-7,16H,2-3,8-11H2,1H3. The first-order valence-corrected chi connectivity index (χ1v) is 6.64. The zero-order chi connectivity index (χ0) is 11.4. The van der Waals surface area contributed by atoms with Gasteiger partial charge in [0.05, 0.1) is 0 Å². The summed E-state index contributed by atoms with van der Waals surface area (Å²) >= 11 is 6.09. The average molecular weight is 238 g/mol. The molecule has 88 valence electrons. The maximum atomic E-state index is 6.09. The third-order valence-electron chi connectivity index (χ3n) is 3.60. The van der Waals surface area contributed by atoms with Crippen LogP contribution in [0.5, 0.6) is 0 Å². The molecule has 1 fully saturated rings. The summed E-state index contributed by atoms with van der Waals surface area (Å²) in [7, 11) is 0. The van der Waals surface area contributed by atoms with Crippen LogP contribution in [-0.2, 0) is 6.54 Å². The topological polar surface area (TPSA) is 12.0 Å². The van der Waals surface area contributed by atoms with Gasteiger partial charge in [-0.05, 0) is 25.3 Å². The van der Waals surface area contributed by atoms with Gasteiger partial charge in [0.15, 0.2) is 0 Å². The van der Waals surface area contributed by atoms with Gasteiger partial charge in [0, 0.05) is 18.0 Å². The van der Waals surface area contributed by atoms with Crippen LogP contribution < -0.4 is 5.32 Å². The highest BCUT2D eigenvalue weighted by molar-refractivity contribution is 6.18. The Morgan fingerprint density at radius 2 is 1.81 bits per heavy atom. The lowest BCUT2D eigenvalue weighted by Crippen LogP contribution is -2.43. The molecule has 0 heterocycles. The SMILES string of the molecule is Cc1ccc(CNC2(CCl)CCCC2)cc1. The van der Waals surface area contributed by atoms with Crippen molar-refractivity contribution in [2.24, 2.45) is 0 Å². The second-order valence-electron chi connectivity index (χ2n) is 4.96. The number of alkyl halides is 1. The Balaban J connectivity index is 1.93. The minimum atomic E-state index is 0.201. The largest absolute Gasteiger partial charge is 0.306 e. The molecule has 16 heavy (non-hydrogen) atoms. The van der Waals surface area contributed by atoms with Crippen molar-refractivity contribution in [3.05, 3.63) is 35.4 Å². The first-order valence-electron chi connectivity index (χ1n) is 6.11. The average Bonchev–Trinajstić information content (AvgIpc) is 2.78. The normalized spacial score (nSPS) is 18.9. The maximum Gasteiger partial charge on any atom is 0.0406 e. The molecule has 0 spiro atoms. The van der Waals surface area contributed by atoms with E-state index in [1.54, 1.807) is 0 Å². The lowest BCUT2D eigenvalue weighted by Gasteiger charge is -2.28. The van der Waals surface area contributed by atoms with Crippen molar-refractivity contribution in [3.8, 4) is 0 Å². The van der Waals surface area contributed by atoms with E-state index >= 15 is 0 Å². The predicted octanol–water partition coefficient (Wildman–Crippen LogP) is 3.64. The Labute approximate surface area is 103 Å². The fourth-order valence-electron chi connectivity index (χ4n) is 2.40. The van der Waals surface area contributed by atoms with Crippen molar-refractivity contribution in [3.63, 3.8) is 0 Å². The first-order chi connectivity index (χ1) is 7.74. The van der Waals surface area contributed by atoms with E-state index in [0.29, 0.717) is 0 Å². The van der Waals surface area contributed by atoms with E-state index < -0.39 is 0 Å². The molecular formula is C14H20ClN. The summed E-state index contributed by atoms with van der Waals surface area (Å²) in [5.41, 5.74) is 2.87. The molecule has 0 aromatic heterocycles. The highest BCUT2D eigenvalue weighted by atomic mass is 35.5. The summed E-state index contributed by atoms with van der Waals surface area (Å²) in [6, 6.07) is 8.72. The summed E-state index contributed by atoms with van der Waals surface area (Å²) in [6.45, 7) is 3.06. The number of benzene rings is 1. The van der Waals surface area contributed by atoms with Gasteiger partial charge in [0.25, 0.3) is 0 Å². The van der Waals surface area contributed by atoms with Gasteiger partial charge in [0.1, 0.15) is 0 Å². The van der Waals surface area contributed by atoms with Crippen LogP contribution in [0.4, 0.5) is 0 Å². The second kappa shape index (κ2) is 5.20. The van der Waals surface area contributed by atoms with Crippen molar-refractivity contribution in [1.29, 1.82) is 0 Å². The van der Waals surface area contributed by atoms with Gasteiger partial charge in [-0.15, -0.1) is 11.6 Å². The fraction of sp³-hybridized carbons (Fsp3) is 0.571. The smallest absolute Gasteiger partial charge is 0.0406 e. The molecule has 1 aromatic carbocycles. The number of hydrogen-bond acceptors (Lipinski definition) is 1. The van der Waals surface area contributed by atoms with E-state index in [0.717, 1.165) is 12.4 Å². The van der Waals surface area contributed by atoms with Crippen LogP contribution in [-0.4, -0.2) is 11.4 Å². The van der Waals surface area contributed by atoms with Crippen LogP contribution >= 0.6 is 11.6 Å². The number of halogens is 1. The minimum absolute atomic E-state index is 0.201. The van der Waals surface area contributed by atoms with Crippen molar-refractivity contribution in [2.45, 2.75) is 44.7 Å². The van der Waals surface area contributed by atoms with Crippen LogP contribution in [0, 0.1) is 6.92 Å². The van der Waals surface area contributed by atoms with Crippen molar-refractivity contribution in [1.82, 2.24) is 5.32 Å². The van der Waals surface area contributed by atoms with Gasteiger partial charge in [0.2, 0.25) is 0 Å². The molecule has 0 atom stereocenters. The summed E-state index contributed by atoms with van der Waals surface area (Å²) in [5, 5.41) is 3.65. The molecule has 0 radical (unpaired) electrons. The molecule has 1 saturated carbocycles. The van der Waals surface area contributed by atoms with Gasteiger partial charge >= 0.3 is 0 Å². The molecule has 0 aliphatic heterocycles. The molecule has 1 nitrogen and oxygen atoms in total. The van der Waals surface area contributed by atoms with Crippen LogP contribution in [0.15, 0.2) is 24.3 Å². The molecule has 0 unspecified atom stereocenters. The third kappa shape index (κ3) is 2.78. The van der Waals surface area contributed by atoms with Crippen molar-refractivity contribution in [2.75, 3.05) is 5.88 Å². The zero-order valence-corrected chi connectivity index (χ0v) is 10.7. The summed E-state index contributed by atoms with van der Waals surface area (Å²) < 4.78 is 0. The monoisotopic (exact) mass is 237 g/mol. The van der Waals surface area contributed by atoms with Crippen molar-refractivity contribution < 1.29 is 0 Å². The molecule has 1 aromatic rings. The number of hydrogen-bond donors (Lipinski definition) is 1. The highest BCUT2D eigenvalue weighted by Crippen LogP contribution is 2.30. The van der Waals surface area contributed by atoms with Crippen LogP contribution in [0.1, 0.15) is 36.8 Å². The molecule has 1 aliphatic rings. The molecule has 1 N–H and O–H groups in total. The van der Waals surface area contributed by atoms with Gasteiger partial charge in [-0.3, -0.25) is 0 Å². The Bertz CT molecular complexity index is 325. The Kier molecular flexibility index (Phi) is 3.88. The van der Waals surface area contributed by atoms with E-state index in [1.165, 1.54) is 36.8 Å². The molecule has 0 bridgehead atoms. The van der Waals surface area contributed by atoms with Crippen LogP contribution in [0.2, 0.25) is 0 Å². The summed E-state index contributed by atoms with van der Waals surface area (Å²) in [4.78, 5) is 0.